The minimum Gasteiger partial charge on any atom is -0.202 e. The van der Waals surface area contributed by atoms with Gasteiger partial charge in [0.25, 0.3) is 0 Å². The quantitative estimate of drug-likeness (QED) is 0.138. The average molecular weight is 439 g/mol. The Bertz CT molecular complexity index is 1150. The predicted octanol–water partition coefficient (Wildman–Crippen LogP) is 7.23. The van der Waals surface area contributed by atoms with Gasteiger partial charge in [-0.3, -0.25) is 0 Å². The monoisotopic (exact) mass is 439 g/mol. The number of hydrogen-bond donors (Lipinski definition) is 0. The summed E-state index contributed by atoms with van der Waals surface area (Å²) in [6.45, 7) is 2.15. The molecule has 3 rings (SSSR count). The number of nitriles is 1. The second kappa shape index (κ2) is 10.2. The van der Waals surface area contributed by atoms with E-state index in [1.807, 2.05) is 24.3 Å². The SMILES string of the molecule is CCCCc1ccc(-c2ccc(C#Cc3c(F)c(F)c(SC#N)c(F)c3F)cc2)cc1. The largest absolute Gasteiger partial charge is 0.202 e. The van der Waals surface area contributed by atoms with Crippen molar-refractivity contribution in [3.8, 4) is 28.4 Å². The molecule has 0 saturated heterocycles. The van der Waals surface area contributed by atoms with Crippen LogP contribution < -0.4 is 0 Å². The van der Waals surface area contributed by atoms with E-state index >= 15 is 0 Å². The third kappa shape index (κ3) is 5.10. The Morgan fingerprint density at radius 2 is 1.32 bits per heavy atom. The van der Waals surface area contributed by atoms with Crippen LogP contribution in [0.4, 0.5) is 17.6 Å². The Labute approximate surface area is 182 Å². The number of halogens is 4. The van der Waals surface area contributed by atoms with Crippen LogP contribution in [0.25, 0.3) is 11.1 Å². The zero-order valence-corrected chi connectivity index (χ0v) is 17.4. The summed E-state index contributed by atoms with van der Waals surface area (Å²) in [5, 5.41) is 9.93. The van der Waals surface area contributed by atoms with Crippen LogP contribution >= 0.6 is 11.8 Å². The molecule has 0 unspecified atom stereocenters. The van der Waals surface area contributed by atoms with Crippen molar-refractivity contribution in [1.82, 2.24) is 0 Å². The molecule has 0 saturated carbocycles. The number of rotatable bonds is 5. The van der Waals surface area contributed by atoms with E-state index in [-0.39, 0.29) is 11.8 Å². The molecule has 0 aliphatic carbocycles. The zero-order chi connectivity index (χ0) is 22.4. The van der Waals surface area contributed by atoms with Crippen molar-refractivity contribution in [3.05, 3.63) is 88.5 Å². The molecule has 0 N–H and O–H groups in total. The van der Waals surface area contributed by atoms with Crippen LogP contribution in [0, 0.1) is 45.8 Å². The van der Waals surface area contributed by atoms with E-state index in [9.17, 15) is 17.6 Å². The van der Waals surface area contributed by atoms with Gasteiger partial charge in [0, 0.05) is 5.56 Å². The first-order chi connectivity index (χ1) is 15.0. The topological polar surface area (TPSA) is 23.8 Å². The normalized spacial score (nSPS) is 10.3. The fourth-order valence-corrected chi connectivity index (χ4v) is 3.43. The van der Waals surface area contributed by atoms with E-state index in [4.69, 9.17) is 5.26 Å². The van der Waals surface area contributed by atoms with Crippen molar-refractivity contribution in [3.63, 3.8) is 0 Å². The van der Waals surface area contributed by atoms with Gasteiger partial charge in [-0.1, -0.05) is 61.6 Å². The third-order valence-corrected chi connectivity index (χ3v) is 5.35. The number of aryl methyl sites for hydroxylation is 1. The highest BCUT2D eigenvalue weighted by atomic mass is 32.2. The van der Waals surface area contributed by atoms with Gasteiger partial charge in [-0.05, 0) is 53.4 Å². The first-order valence-electron chi connectivity index (χ1n) is 9.59. The molecule has 0 amide bonds. The smallest absolute Gasteiger partial charge is 0.178 e. The molecule has 0 aliphatic rings. The Hall–Kier alpha value is -3.22. The molecular weight excluding hydrogens is 422 g/mol. The second-order valence-electron chi connectivity index (χ2n) is 6.78. The van der Waals surface area contributed by atoms with Gasteiger partial charge in [0.05, 0.1) is 4.90 Å². The van der Waals surface area contributed by atoms with Gasteiger partial charge in [0.2, 0.25) is 0 Å². The Kier molecular flexibility index (Phi) is 7.39. The zero-order valence-electron chi connectivity index (χ0n) is 16.6. The van der Waals surface area contributed by atoms with Gasteiger partial charge in [0.15, 0.2) is 23.3 Å². The van der Waals surface area contributed by atoms with Gasteiger partial charge in [0.1, 0.15) is 11.0 Å². The first kappa shape index (κ1) is 22.5. The summed E-state index contributed by atoms with van der Waals surface area (Å²) in [6, 6.07) is 15.2. The van der Waals surface area contributed by atoms with E-state index in [0.29, 0.717) is 5.56 Å². The van der Waals surface area contributed by atoms with Gasteiger partial charge >= 0.3 is 0 Å². The molecule has 1 nitrogen and oxygen atoms in total. The second-order valence-corrected chi connectivity index (χ2v) is 7.58. The van der Waals surface area contributed by atoms with E-state index in [2.05, 4.69) is 30.9 Å². The van der Waals surface area contributed by atoms with Crippen molar-refractivity contribution >= 4 is 11.8 Å². The van der Waals surface area contributed by atoms with Crippen LogP contribution in [0.3, 0.4) is 0 Å². The number of hydrogen-bond acceptors (Lipinski definition) is 2. The van der Waals surface area contributed by atoms with Gasteiger partial charge < -0.3 is 0 Å². The molecule has 6 heteroatoms. The molecule has 3 aromatic rings. The standard InChI is InChI=1S/C25H17F4NS/c1-2-3-4-16-5-10-18(11-6-16)19-12-7-17(8-13-19)9-14-20-21(26)23(28)25(31-15-30)24(29)22(20)27/h5-8,10-13H,2-4H2,1H3. The lowest BCUT2D eigenvalue weighted by Gasteiger charge is -2.05. The summed E-state index contributed by atoms with van der Waals surface area (Å²) in [5.74, 6) is -1.82. The fourth-order valence-electron chi connectivity index (χ4n) is 2.98. The van der Waals surface area contributed by atoms with Crippen LogP contribution in [0.2, 0.25) is 0 Å². The molecule has 0 bridgehead atoms. The predicted molar refractivity (Wildman–Crippen MR) is 114 cm³/mol. The molecule has 0 atom stereocenters. The molecule has 156 valence electrons. The Morgan fingerprint density at radius 1 is 0.774 bits per heavy atom. The molecule has 0 radical (unpaired) electrons. The van der Waals surface area contributed by atoms with Crippen LogP contribution in [-0.4, -0.2) is 0 Å². The first-order valence-corrected chi connectivity index (χ1v) is 10.4. The summed E-state index contributed by atoms with van der Waals surface area (Å²) >= 11 is 0.0114. The molecule has 0 heterocycles. The minimum atomic E-state index is -1.63. The molecule has 0 fully saturated rings. The minimum absolute atomic E-state index is 0.0114. The van der Waals surface area contributed by atoms with Crippen molar-refractivity contribution in [1.29, 1.82) is 5.26 Å². The summed E-state index contributed by atoms with van der Waals surface area (Å²) < 4.78 is 56.1. The van der Waals surface area contributed by atoms with Crippen LogP contribution in [0.5, 0.6) is 0 Å². The summed E-state index contributed by atoms with van der Waals surface area (Å²) in [5.41, 5.74) is 2.66. The summed E-state index contributed by atoms with van der Waals surface area (Å²) in [6.07, 6.45) is 3.32. The maximum atomic E-state index is 14.1. The number of benzene rings is 3. The molecule has 0 aliphatic heterocycles. The number of nitrogens with zero attached hydrogens (tertiary/aromatic N) is 1. The van der Waals surface area contributed by atoms with Gasteiger partial charge in [-0.15, -0.1) is 0 Å². The van der Waals surface area contributed by atoms with Crippen molar-refractivity contribution in [2.45, 2.75) is 31.1 Å². The van der Waals surface area contributed by atoms with Crippen LogP contribution in [0.15, 0.2) is 53.4 Å². The summed E-state index contributed by atoms with van der Waals surface area (Å²) in [4.78, 5) is -1.02. The molecule has 0 aromatic heterocycles. The fraction of sp³-hybridized carbons (Fsp3) is 0.160. The third-order valence-electron chi connectivity index (χ3n) is 4.69. The highest BCUT2D eigenvalue weighted by Gasteiger charge is 2.25. The highest BCUT2D eigenvalue weighted by Crippen LogP contribution is 2.30. The summed E-state index contributed by atoms with van der Waals surface area (Å²) in [7, 11) is 0. The number of thiocyanates is 1. The van der Waals surface area contributed by atoms with Crippen LogP contribution in [0.1, 0.15) is 36.5 Å². The van der Waals surface area contributed by atoms with E-state index < -0.39 is 33.7 Å². The average Bonchev–Trinajstić information content (AvgIpc) is 2.80. The number of unbranched alkanes of at least 4 members (excludes halogenated alkanes) is 1. The molecule has 31 heavy (non-hydrogen) atoms. The van der Waals surface area contributed by atoms with Crippen molar-refractivity contribution in [2.75, 3.05) is 0 Å². The number of thioether (sulfide) groups is 1. The lowest BCUT2D eigenvalue weighted by atomic mass is 10.0. The van der Waals surface area contributed by atoms with Gasteiger partial charge in [-0.25, -0.2) is 17.6 Å². The molecule has 0 spiro atoms. The van der Waals surface area contributed by atoms with Crippen molar-refractivity contribution < 1.29 is 17.6 Å². The van der Waals surface area contributed by atoms with E-state index in [0.717, 1.165) is 30.4 Å². The maximum Gasteiger partial charge on any atom is 0.178 e. The van der Waals surface area contributed by atoms with Gasteiger partial charge in [-0.2, -0.15) is 5.26 Å². The maximum absolute atomic E-state index is 14.1. The molecular formula is C25H17F4NS. The highest BCUT2D eigenvalue weighted by molar-refractivity contribution is 8.03. The van der Waals surface area contributed by atoms with E-state index in [1.54, 1.807) is 12.1 Å². The van der Waals surface area contributed by atoms with Crippen molar-refractivity contribution in [2.24, 2.45) is 0 Å². The van der Waals surface area contributed by atoms with Crippen LogP contribution in [-0.2, 0) is 6.42 Å². The lowest BCUT2D eigenvalue weighted by molar-refractivity contribution is 0.423. The lowest BCUT2D eigenvalue weighted by Crippen LogP contribution is -2.02. The Balaban J connectivity index is 1.84. The van der Waals surface area contributed by atoms with E-state index in [1.165, 1.54) is 11.0 Å². The molecule has 3 aromatic carbocycles. The Morgan fingerprint density at radius 3 is 1.84 bits per heavy atom.